The Morgan fingerprint density at radius 2 is 0.898 bits per heavy atom. The van der Waals surface area contributed by atoms with Crippen molar-refractivity contribution >= 4 is 71.7 Å². The molecule has 0 saturated heterocycles. The molecule has 0 amide bonds. The topological polar surface area (TPSA) is 29.5 Å². The highest BCUT2D eigenvalue weighted by molar-refractivity contribution is 6.09. The molecule has 0 fully saturated rings. The summed E-state index contributed by atoms with van der Waals surface area (Å²) in [6, 6.07) is 62.1. The zero-order valence-electron chi connectivity index (χ0n) is 26.5. The summed E-state index contributed by atoms with van der Waals surface area (Å²) in [5.41, 5.74) is 11.4. The molecule has 0 aliphatic rings. The lowest BCUT2D eigenvalue weighted by molar-refractivity contribution is 0.669. The molecule has 3 heteroatoms. The van der Waals surface area contributed by atoms with E-state index in [1.807, 2.05) is 24.3 Å². The first-order valence-electron chi connectivity index (χ1n) is 16.6. The largest absolute Gasteiger partial charge is 0.456 e. The molecular weight excluding hydrogens is 599 g/mol. The van der Waals surface area contributed by atoms with Crippen LogP contribution in [-0.4, -0.2) is 0 Å². The first-order valence-corrected chi connectivity index (χ1v) is 16.6. The minimum atomic E-state index is 0.902. The molecule has 0 unspecified atom stereocenters. The van der Waals surface area contributed by atoms with Crippen LogP contribution in [0.15, 0.2) is 185 Å². The van der Waals surface area contributed by atoms with Crippen LogP contribution in [0.2, 0.25) is 0 Å². The predicted molar refractivity (Wildman–Crippen MR) is 204 cm³/mol. The van der Waals surface area contributed by atoms with Gasteiger partial charge >= 0.3 is 0 Å². The normalized spacial score (nSPS) is 11.7. The zero-order chi connectivity index (χ0) is 32.3. The SMILES string of the molecule is c1ccc2cc(N(c3ccc(-c4ccc5c(c4)oc4ccccc45)cc3)c3ccc(-c4cccc5c4oc4ccccc45)cc3)ccc2c1. The van der Waals surface area contributed by atoms with Crippen LogP contribution in [-0.2, 0) is 0 Å². The van der Waals surface area contributed by atoms with Gasteiger partial charge < -0.3 is 13.7 Å². The van der Waals surface area contributed by atoms with Crippen LogP contribution in [0.5, 0.6) is 0 Å². The van der Waals surface area contributed by atoms with Gasteiger partial charge in [-0.1, -0.05) is 115 Å². The summed E-state index contributed by atoms with van der Waals surface area (Å²) in [5, 5.41) is 6.98. The van der Waals surface area contributed by atoms with E-state index in [1.165, 1.54) is 10.8 Å². The minimum Gasteiger partial charge on any atom is -0.456 e. The summed E-state index contributed by atoms with van der Waals surface area (Å²) < 4.78 is 12.6. The highest BCUT2D eigenvalue weighted by Crippen LogP contribution is 2.40. The van der Waals surface area contributed by atoms with Crippen molar-refractivity contribution in [1.82, 2.24) is 0 Å². The van der Waals surface area contributed by atoms with Crippen molar-refractivity contribution in [3.63, 3.8) is 0 Å². The fourth-order valence-electron chi connectivity index (χ4n) is 7.24. The van der Waals surface area contributed by atoms with Crippen molar-refractivity contribution in [2.75, 3.05) is 4.90 Å². The van der Waals surface area contributed by atoms with Gasteiger partial charge in [0, 0.05) is 44.2 Å². The number of rotatable bonds is 5. The number of hydrogen-bond donors (Lipinski definition) is 0. The molecule has 0 radical (unpaired) electrons. The van der Waals surface area contributed by atoms with E-state index in [1.54, 1.807) is 0 Å². The summed E-state index contributed by atoms with van der Waals surface area (Å²) >= 11 is 0. The van der Waals surface area contributed by atoms with E-state index < -0.39 is 0 Å². The lowest BCUT2D eigenvalue weighted by Crippen LogP contribution is -2.09. The Morgan fingerprint density at radius 1 is 0.327 bits per heavy atom. The molecule has 2 aromatic heterocycles. The van der Waals surface area contributed by atoms with Crippen molar-refractivity contribution < 1.29 is 8.83 Å². The summed E-state index contributed by atoms with van der Waals surface area (Å²) in [6.45, 7) is 0. The first kappa shape index (κ1) is 27.5. The number of benzene rings is 8. The zero-order valence-corrected chi connectivity index (χ0v) is 26.5. The maximum atomic E-state index is 6.37. The molecule has 0 aliphatic carbocycles. The van der Waals surface area contributed by atoms with E-state index in [2.05, 4.69) is 157 Å². The van der Waals surface area contributed by atoms with Gasteiger partial charge in [-0.05, 0) is 88.1 Å². The predicted octanol–water partition coefficient (Wildman–Crippen LogP) is 13.4. The molecule has 0 atom stereocenters. The molecule has 0 saturated carbocycles. The number of anilines is 3. The Labute approximate surface area is 282 Å². The highest BCUT2D eigenvalue weighted by Gasteiger charge is 2.16. The number of furan rings is 2. The lowest BCUT2D eigenvalue weighted by Gasteiger charge is -2.26. The monoisotopic (exact) mass is 627 g/mol. The number of fused-ring (bicyclic) bond motifs is 7. The van der Waals surface area contributed by atoms with E-state index in [-0.39, 0.29) is 0 Å². The molecule has 10 rings (SSSR count). The van der Waals surface area contributed by atoms with Gasteiger partial charge in [-0.15, -0.1) is 0 Å². The second-order valence-electron chi connectivity index (χ2n) is 12.6. The van der Waals surface area contributed by atoms with Gasteiger partial charge in [0.05, 0.1) is 0 Å². The quantitative estimate of drug-likeness (QED) is 0.190. The third-order valence-corrected chi connectivity index (χ3v) is 9.67. The molecule has 0 spiro atoms. The molecule has 49 heavy (non-hydrogen) atoms. The van der Waals surface area contributed by atoms with Crippen molar-refractivity contribution in [1.29, 1.82) is 0 Å². The summed E-state index contributed by atoms with van der Waals surface area (Å²) in [5.74, 6) is 0. The van der Waals surface area contributed by atoms with Gasteiger partial charge in [0.1, 0.15) is 22.3 Å². The molecule has 0 bridgehead atoms. The Balaban J connectivity index is 1.05. The number of hydrogen-bond acceptors (Lipinski definition) is 3. The second-order valence-corrected chi connectivity index (χ2v) is 12.6. The van der Waals surface area contributed by atoms with Gasteiger partial charge in [0.2, 0.25) is 0 Å². The van der Waals surface area contributed by atoms with Gasteiger partial charge in [0.25, 0.3) is 0 Å². The molecule has 10 aromatic rings. The van der Waals surface area contributed by atoms with Crippen LogP contribution < -0.4 is 4.90 Å². The van der Waals surface area contributed by atoms with Gasteiger partial charge in [-0.3, -0.25) is 0 Å². The van der Waals surface area contributed by atoms with Crippen LogP contribution in [0.3, 0.4) is 0 Å². The van der Waals surface area contributed by atoms with Crippen LogP contribution in [0.25, 0.3) is 76.9 Å². The van der Waals surface area contributed by atoms with Crippen molar-refractivity contribution in [2.45, 2.75) is 0 Å². The smallest absolute Gasteiger partial charge is 0.143 e. The average molecular weight is 628 g/mol. The fourth-order valence-corrected chi connectivity index (χ4v) is 7.24. The van der Waals surface area contributed by atoms with E-state index in [4.69, 9.17) is 8.83 Å². The standard InChI is InChI=1S/C46H29NO2/c1-2-9-33-28-37(26-18-30(33)8-1)47(35-22-16-31(17-23-35)34-21-27-41-39-10-3-5-14-43(39)48-45(41)29-34)36-24-19-32(20-25-36)38-12-7-13-42-40-11-4-6-15-44(40)49-46(38)42/h1-29H. The first-order chi connectivity index (χ1) is 24.3. The molecule has 230 valence electrons. The van der Waals surface area contributed by atoms with Crippen LogP contribution in [0.1, 0.15) is 0 Å². The maximum Gasteiger partial charge on any atom is 0.143 e. The van der Waals surface area contributed by atoms with E-state index in [9.17, 15) is 0 Å². The fraction of sp³-hybridized carbons (Fsp3) is 0. The van der Waals surface area contributed by atoms with Gasteiger partial charge in [0.15, 0.2) is 0 Å². The molecule has 3 nitrogen and oxygen atoms in total. The van der Waals surface area contributed by atoms with E-state index in [0.717, 1.165) is 83.2 Å². The van der Waals surface area contributed by atoms with Crippen molar-refractivity contribution in [3.8, 4) is 22.3 Å². The summed E-state index contributed by atoms with van der Waals surface area (Å²) in [7, 11) is 0. The van der Waals surface area contributed by atoms with Crippen LogP contribution >= 0.6 is 0 Å². The van der Waals surface area contributed by atoms with Crippen LogP contribution in [0.4, 0.5) is 17.1 Å². The molecular formula is C46H29NO2. The van der Waals surface area contributed by atoms with Crippen molar-refractivity contribution in [2.24, 2.45) is 0 Å². The van der Waals surface area contributed by atoms with Crippen molar-refractivity contribution in [3.05, 3.63) is 176 Å². The molecule has 0 N–H and O–H groups in total. The second kappa shape index (κ2) is 11.0. The van der Waals surface area contributed by atoms with Gasteiger partial charge in [-0.2, -0.15) is 0 Å². The Bertz CT molecular complexity index is 2820. The third kappa shape index (κ3) is 4.59. The average Bonchev–Trinajstić information content (AvgIpc) is 3.74. The van der Waals surface area contributed by atoms with E-state index in [0.29, 0.717) is 0 Å². The third-order valence-electron chi connectivity index (χ3n) is 9.67. The van der Waals surface area contributed by atoms with Crippen LogP contribution in [0, 0.1) is 0 Å². The Hall–Kier alpha value is -6.58. The highest BCUT2D eigenvalue weighted by atomic mass is 16.3. The molecule has 8 aromatic carbocycles. The maximum absolute atomic E-state index is 6.37. The molecule has 2 heterocycles. The number of nitrogens with zero attached hydrogens (tertiary/aromatic N) is 1. The summed E-state index contributed by atoms with van der Waals surface area (Å²) in [4.78, 5) is 2.32. The molecule has 0 aliphatic heterocycles. The Morgan fingerprint density at radius 3 is 1.67 bits per heavy atom. The summed E-state index contributed by atoms with van der Waals surface area (Å²) in [6.07, 6.45) is 0. The lowest BCUT2D eigenvalue weighted by atomic mass is 10.0. The minimum absolute atomic E-state index is 0.902. The van der Waals surface area contributed by atoms with Gasteiger partial charge in [-0.25, -0.2) is 0 Å². The Kier molecular flexibility index (Phi) is 6.18. The van der Waals surface area contributed by atoms with E-state index >= 15 is 0 Å². The number of para-hydroxylation sites is 3.